The molecular weight excluding hydrogens is 1070 g/mol. The maximum absolute atomic E-state index is 13.2. The number of fused-ring (bicyclic) bond motifs is 3. The van der Waals surface area contributed by atoms with Gasteiger partial charge in [0.1, 0.15) is 24.6 Å². The lowest BCUT2D eigenvalue weighted by atomic mass is 9.83. The highest BCUT2D eigenvalue weighted by atomic mass is 32.1. The Morgan fingerprint density at radius 1 is 0.646 bits per heavy atom. The van der Waals surface area contributed by atoms with Crippen LogP contribution in [0.4, 0.5) is 17.1 Å². The topological polar surface area (TPSA) is 169 Å². The first-order valence-corrected chi connectivity index (χ1v) is 29.3. The second-order valence-electron chi connectivity index (χ2n) is 20.6. The molecule has 0 saturated heterocycles. The second-order valence-corrected chi connectivity index (χ2v) is 22.8. The molecule has 82 heavy (non-hydrogen) atoms. The Kier molecular flexibility index (Phi) is 20.6. The fourth-order valence-electron chi connectivity index (χ4n) is 9.73. The largest absolute Gasteiger partial charge is 0.494 e. The number of carbonyl (C=O) groups is 4. The Labute approximate surface area is 488 Å². The van der Waals surface area contributed by atoms with Gasteiger partial charge in [-0.1, -0.05) is 95.1 Å². The van der Waals surface area contributed by atoms with E-state index in [2.05, 4.69) is 178 Å². The smallest absolute Gasteiger partial charge is 0.323 e. The highest BCUT2D eigenvalue weighted by molar-refractivity contribution is 7.24. The number of carboxylic acid groups (broad SMARTS) is 2. The van der Waals surface area contributed by atoms with Crippen LogP contribution in [0.3, 0.4) is 0 Å². The quantitative estimate of drug-likeness (QED) is 0.0232. The van der Waals surface area contributed by atoms with E-state index in [1.165, 1.54) is 10.4 Å². The molecular formula is C66H70N4O10S2. The van der Waals surface area contributed by atoms with E-state index in [0.29, 0.717) is 13.2 Å². The van der Waals surface area contributed by atoms with Crippen molar-refractivity contribution in [2.24, 2.45) is 0 Å². The number of nitrogens with one attached hydrogen (secondary N) is 1. The molecule has 0 atom stereocenters. The van der Waals surface area contributed by atoms with Crippen molar-refractivity contribution in [3.05, 3.63) is 166 Å². The number of unbranched alkanes of at least 4 members (excludes halogenated alkanes) is 2. The van der Waals surface area contributed by atoms with E-state index >= 15 is 0 Å². The van der Waals surface area contributed by atoms with Crippen molar-refractivity contribution >= 4 is 69.6 Å². The number of benzene rings is 5. The van der Waals surface area contributed by atoms with Gasteiger partial charge in [0.15, 0.2) is 0 Å². The summed E-state index contributed by atoms with van der Waals surface area (Å²) in [5, 5.41) is 20.7. The molecule has 5 aromatic carbocycles. The van der Waals surface area contributed by atoms with Gasteiger partial charge in [0.25, 0.3) is 5.70 Å². The minimum atomic E-state index is -1.31. The summed E-state index contributed by atoms with van der Waals surface area (Å²) in [5.41, 5.74) is 13.0. The van der Waals surface area contributed by atoms with Gasteiger partial charge >= 0.3 is 11.9 Å². The fraction of sp³-hybridized carbons (Fsp3) is 0.318. The van der Waals surface area contributed by atoms with Crippen molar-refractivity contribution in [3.8, 4) is 53.9 Å². The molecule has 2 heterocycles. The van der Waals surface area contributed by atoms with Crippen molar-refractivity contribution in [1.29, 1.82) is 0 Å². The van der Waals surface area contributed by atoms with E-state index in [-0.39, 0.29) is 50.5 Å². The maximum Gasteiger partial charge on any atom is 0.323 e. The second kappa shape index (κ2) is 28.1. The molecule has 0 spiro atoms. The van der Waals surface area contributed by atoms with E-state index in [1.807, 2.05) is 0 Å². The summed E-state index contributed by atoms with van der Waals surface area (Å²) >= 11 is 3.33. The van der Waals surface area contributed by atoms with Gasteiger partial charge in [-0.25, -0.2) is 4.85 Å². The zero-order chi connectivity index (χ0) is 58.3. The third-order valence-corrected chi connectivity index (χ3v) is 16.6. The highest BCUT2D eigenvalue weighted by Gasteiger charge is 2.39. The number of nitrogens with zero attached hydrogens (tertiary/aromatic N) is 3. The number of rotatable bonds is 29. The lowest BCUT2D eigenvalue weighted by molar-refractivity contribution is -0.149. The molecule has 3 N–H and O–H groups in total. The molecule has 0 unspecified atom stereocenters. The molecule has 0 bridgehead atoms. The number of anilines is 3. The molecule has 0 saturated carbocycles. The molecule has 0 aliphatic heterocycles. The SMILES string of the molecule is [C-]#[N+]/C(=C\c1cc2c(s1)-c1sc(-c3ccc(N(c4ccc(-c5ccc(OCCCC)cc5C)cc4)c4ccc(-c5ccc(C)cc5OCCCC)cc4)cc3)cc1C2(C)C)C(=O)NCCOCCOCCC(=O)N(CC(=O)O)CC(=O)O. The average molecular weight is 1140 g/mol. The molecule has 16 heteroatoms. The van der Waals surface area contributed by atoms with Gasteiger partial charge in [-0.05, 0) is 144 Å². The molecule has 1 aliphatic carbocycles. The predicted molar refractivity (Wildman–Crippen MR) is 327 cm³/mol. The molecule has 7 aromatic rings. The number of thiophene rings is 2. The van der Waals surface area contributed by atoms with Crippen LogP contribution in [0.1, 0.15) is 86.9 Å². The van der Waals surface area contributed by atoms with Crippen LogP contribution in [-0.4, -0.2) is 98.1 Å². The summed E-state index contributed by atoms with van der Waals surface area (Å²) in [6, 6.07) is 43.4. The van der Waals surface area contributed by atoms with E-state index in [4.69, 9.17) is 35.7 Å². The number of aliphatic carboxylic acids is 2. The zero-order valence-corrected chi connectivity index (χ0v) is 49.0. The lowest BCUT2D eigenvalue weighted by Gasteiger charge is -2.26. The van der Waals surface area contributed by atoms with Crippen LogP contribution in [0.15, 0.2) is 127 Å². The van der Waals surface area contributed by atoms with Gasteiger partial charge in [-0.3, -0.25) is 19.2 Å². The Hall–Kier alpha value is -8.07. The molecule has 8 rings (SSSR count). The Balaban J connectivity index is 0.953. The Morgan fingerprint density at radius 3 is 1.80 bits per heavy atom. The van der Waals surface area contributed by atoms with Crippen LogP contribution < -0.4 is 19.7 Å². The van der Waals surface area contributed by atoms with Crippen LogP contribution in [0, 0.1) is 20.4 Å². The van der Waals surface area contributed by atoms with Crippen molar-refractivity contribution < 1.29 is 48.3 Å². The number of hydrogen-bond acceptors (Lipinski definition) is 11. The Bertz CT molecular complexity index is 3430. The molecule has 2 amide bonds. The molecule has 1 aliphatic rings. The molecule has 0 fully saturated rings. The molecule has 426 valence electrons. The fourth-order valence-corrected chi connectivity index (χ4v) is 12.5. The number of hydrogen-bond donors (Lipinski definition) is 3. The standard InChI is InChI=1S/C66H70N4O10S2/c1-8-10-30-79-51-25-27-53(44(4)37-51)45-13-19-48(20-14-45)70(49-21-15-46(16-22-49)54-26-12-43(3)36-58(54)80-31-11-9-2)50-23-17-47(18-24-50)59-40-56-64(82-59)63-55(66(56,5)6)38-52(81-63)39-57(67-7)65(76)68-29-33-78-35-34-77-32-28-60(71)69(41-61(72)73)42-62(74)75/h12-27,36-40H,8-11,28-35,41-42H2,1-6H3,(H,68,76)(H,72,73)(H,74,75)/b57-39-. The van der Waals surface area contributed by atoms with Gasteiger partial charge in [0.2, 0.25) is 11.8 Å². The van der Waals surface area contributed by atoms with Crippen LogP contribution in [0.25, 0.3) is 53.4 Å². The van der Waals surface area contributed by atoms with Crippen LogP contribution in [-0.2, 0) is 34.1 Å². The number of ether oxygens (including phenoxy) is 4. The van der Waals surface area contributed by atoms with Crippen molar-refractivity contribution in [2.75, 3.05) is 64.2 Å². The third kappa shape index (κ3) is 14.9. The zero-order valence-electron chi connectivity index (χ0n) is 47.3. The van der Waals surface area contributed by atoms with Crippen molar-refractivity contribution in [2.45, 2.75) is 79.1 Å². The van der Waals surface area contributed by atoms with Crippen molar-refractivity contribution in [1.82, 2.24) is 10.2 Å². The summed E-state index contributed by atoms with van der Waals surface area (Å²) in [5.74, 6) is -2.01. The van der Waals surface area contributed by atoms with Gasteiger partial charge in [-0.2, -0.15) is 0 Å². The van der Waals surface area contributed by atoms with E-state index < -0.39 is 36.8 Å². The first-order valence-electron chi connectivity index (χ1n) is 27.7. The van der Waals surface area contributed by atoms with E-state index in [1.54, 1.807) is 28.7 Å². The molecule has 2 aromatic heterocycles. The minimum absolute atomic E-state index is 0.0417. The first-order chi connectivity index (χ1) is 39.6. The highest BCUT2D eigenvalue weighted by Crippen LogP contribution is 2.57. The van der Waals surface area contributed by atoms with Gasteiger partial charge in [0, 0.05) is 54.1 Å². The average Bonchev–Trinajstić information content (AvgIpc) is 2.22. The number of amides is 2. The number of carboxylic acids is 2. The molecule has 14 nitrogen and oxygen atoms in total. The summed E-state index contributed by atoms with van der Waals surface area (Å²) < 4.78 is 23.2. The summed E-state index contributed by atoms with van der Waals surface area (Å²) in [6.45, 7) is 21.3. The van der Waals surface area contributed by atoms with Gasteiger partial charge < -0.3 is 44.3 Å². The monoisotopic (exact) mass is 1140 g/mol. The molecule has 0 radical (unpaired) electrons. The summed E-state index contributed by atoms with van der Waals surface area (Å²) in [7, 11) is 0. The third-order valence-electron chi connectivity index (χ3n) is 14.2. The predicted octanol–water partition coefficient (Wildman–Crippen LogP) is 14.4. The number of aryl methyl sites for hydroxylation is 2. The lowest BCUT2D eigenvalue weighted by Crippen LogP contribution is -2.39. The van der Waals surface area contributed by atoms with Crippen LogP contribution in [0.5, 0.6) is 11.5 Å². The minimum Gasteiger partial charge on any atom is -0.494 e. The van der Waals surface area contributed by atoms with Gasteiger partial charge in [0.05, 0.1) is 52.6 Å². The Morgan fingerprint density at radius 2 is 1.21 bits per heavy atom. The van der Waals surface area contributed by atoms with E-state index in [9.17, 15) is 19.2 Å². The first kappa shape index (κ1) is 60.0. The normalized spacial score (nSPS) is 12.3. The van der Waals surface area contributed by atoms with Crippen molar-refractivity contribution in [3.63, 3.8) is 0 Å². The van der Waals surface area contributed by atoms with Crippen LogP contribution in [0.2, 0.25) is 0 Å². The van der Waals surface area contributed by atoms with Crippen LogP contribution >= 0.6 is 22.7 Å². The summed E-state index contributed by atoms with van der Waals surface area (Å²) in [4.78, 5) is 58.2. The number of carbonyl (C=O) groups excluding carboxylic acids is 2. The van der Waals surface area contributed by atoms with Gasteiger partial charge in [-0.15, -0.1) is 22.7 Å². The summed E-state index contributed by atoms with van der Waals surface area (Å²) in [6.07, 6.45) is 5.62. The van der Waals surface area contributed by atoms with E-state index in [0.717, 1.165) is 118 Å². The maximum atomic E-state index is 13.2.